The van der Waals surface area contributed by atoms with E-state index in [0.29, 0.717) is 24.9 Å². The van der Waals surface area contributed by atoms with E-state index in [0.717, 1.165) is 60.4 Å². The van der Waals surface area contributed by atoms with E-state index in [1.807, 2.05) is 18.2 Å². The first kappa shape index (κ1) is 25.7. The third-order valence-electron chi connectivity index (χ3n) is 6.12. The first-order valence-corrected chi connectivity index (χ1v) is 14.3. The average Bonchev–Trinajstić information content (AvgIpc) is 3.30. The van der Waals surface area contributed by atoms with Crippen LogP contribution in [0, 0.1) is 5.82 Å². The molecule has 1 aromatic heterocycles. The minimum atomic E-state index is -3.71. The van der Waals surface area contributed by atoms with E-state index in [9.17, 15) is 17.6 Å². The molecule has 0 N–H and O–H groups in total. The Morgan fingerprint density at radius 2 is 1.91 bits per heavy atom. The van der Waals surface area contributed by atoms with Crippen molar-refractivity contribution in [2.75, 3.05) is 50.0 Å². The monoisotopic (exact) mass is 519 g/mol. The lowest BCUT2D eigenvalue weighted by Gasteiger charge is -2.27. The summed E-state index contributed by atoms with van der Waals surface area (Å²) in [5.74, 6) is -1.13. The Labute approximate surface area is 209 Å². The number of thiazole rings is 1. The molecule has 1 saturated heterocycles. The molecule has 188 valence electrons. The van der Waals surface area contributed by atoms with Gasteiger partial charge in [-0.15, -0.1) is 0 Å². The highest BCUT2D eigenvalue weighted by atomic mass is 32.2. The van der Waals surface area contributed by atoms with Crippen LogP contribution in [0.2, 0.25) is 0 Å². The third-order valence-corrected chi connectivity index (χ3v) is 8.90. The number of sulfone groups is 1. The van der Waals surface area contributed by atoms with Crippen LogP contribution < -0.4 is 4.90 Å². The highest BCUT2D eigenvalue weighted by Crippen LogP contribution is 2.31. The van der Waals surface area contributed by atoms with Crippen molar-refractivity contribution in [3.8, 4) is 0 Å². The van der Waals surface area contributed by atoms with E-state index >= 15 is 0 Å². The van der Waals surface area contributed by atoms with Crippen LogP contribution in [-0.2, 0) is 25.8 Å². The number of anilines is 1. The molecule has 0 spiro atoms. The Morgan fingerprint density at radius 3 is 2.63 bits per heavy atom. The highest BCUT2D eigenvalue weighted by Gasteiger charge is 2.24. The Hall–Kier alpha value is -2.40. The zero-order valence-corrected chi connectivity index (χ0v) is 21.4. The smallest absolute Gasteiger partial charge is 0.229 e. The van der Waals surface area contributed by atoms with Crippen LogP contribution in [0.1, 0.15) is 25.3 Å². The maximum atomic E-state index is 13.3. The number of halogens is 1. The second kappa shape index (κ2) is 11.6. The molecule has 1 fully saturated rings. The van der Waals surface area contributed by atoms with Crippen molar-refractivity contribution in [1.82, 2.24) is 9.88 Å². The fourth-order valence-corrected chi connectivity index (χ4v) is 6.40. The molecule has 2 heterocycles. The van der Waals surface area contributed by atoms with Crippen LogP contribution in [0.4, 0.5) is 9.52 Å². The second-order valence-corrected chi connectivity index (χ2v) is 11.6. The maximum absolute atomic E-state index is 13.3. The number of carbonyl (C=O) groups is 1. The van der Waals surface area contributed by atoms with Crippen molar-refractivity contribution in [2.24, 2.45) is 0 Å². The SMILES string of the molecule is CCc1cccc2sc(N(CCCN3CCOCC3)C(=O)CCS(=O)(=O)c3ccc(F)cc3)nc12. The molecule has 2 aromatic carbocycles. The molecule has 10 heteroatoms. The summed E-state index contributed by atoms with van der Waals surface area (Å²) in [4.78, 5) is 22.1. The average molecular weight is 520 g/mol. The number of ether oxygens (including phenoxy) is 1. The Kier molecular flexibility index (Phi) is 8.48. The van der Waals surface area contributed by atoms with Crippen LogP contribution in [0.25, 0.3) is 10.2 Å². The largest absolute Gasteiger partial charge is 0.379 e. The van der Waals surface area contributed by atoms with Crippen molar-refractivity contribution in [2.45, 2.75) is 31.1 Å². The summed E-state index contributed by atoms with van der Waals surface area (Å²) in [6, 6.07) is 10.7. The molecule has 1 amide bonds. The number of benzene rings is 2. The summed E-state index contributed by atoms with van der Waals surface area (Å²) in [7, 11) is -3.71. The number of morpholine rings is 1. The number of aryl methyl sites for hydroxylation is 1. The van der Waals surface area contributed by atoms with Crippen LogP contribution in [0.3, 0.4) is 0 Å². The van der Waals surface area contributed by atoms with Gasteiger partial charge in [-0.3, -0.25) is 14.6 Å². The molecule has 0 saturated carbocycles. The molecule has 0 bridgehead atoms. The van der Waals surface area contributed by atoms with Gasteiger partial charge >= 0.3 is 0 Å². The summed E-state index contributed by atoms with van der Waals surface area (Å²) in [5, 5.41) is 0.590. The van der Waals surface area contributed by atoms with Crippen molar-refractivity contribution in [1.29, 1.82) is 0 Å². The summed E-state index contributed by atoms with van der Waals surface area (Å²) < 4.78 is 45.1. The maximum Gasteiger partial charge on any atom is 0.229 e. The van der Waals surface area contributed by atoms with Gasteiger partial charge in [0.1, 0.15) is 5.82 Å². The van der Waals surface area contributed by atoms with E-state index in [1.165, 1.54) is 23.5 Å². The first-order chi connectivity index (χ1) is 16.9. The highest BCUT2D eigenvalue weighted by molar-refractivity contribution is 7.91. The minimum absolute atomic E-state index is 0.0122. The minimum Gasteiger partial charge on any atom is -0.379 e. The number of carbonyl (C=O) groups excluding carboxylic acids is 1. The number of hydrogen-bond acceptors (Lipinski definition) is 7. The number of fused-ring (bicyclic) bond motifs is 1. The summed E-state index contributed by atoms with van der Waals surface area (Å²) in [6.45, 7) is 6.50. The van der Waals surface area contributed by atoms with E-state index in [-0.39, 0.29) is 23.0 Å². The van der Waals surface area contributed by atoms with Gasteiger partial charge in [-0.25, -0.2) is 17.8 Å². The van der Waals surface area contributed by atoms with E-state index < -0.39 is 15.7 Å². The number of aromatic nitrogens is 1. The van der Waals surface area contributed by atoms with Crippen molar-refractivity contribution in [3.63, 3.8) is 0 Å². The van der Waals surface area contributed by atoms with Crippen LogP contribution in [0.15, 0.2) is 47.4 Å². The predicted octanol–water partition coefficient (Wildman–Crippen LogP) is 3.92. The molecule has 7 nitrogen and oxygen atoms in total. The first-order valence-electron chi connectivity index (χ1n) is 11.8. The van der Waals surface area contributed by atoms with Crippen molar-refractivity contribution in [3.05, 3.63) is 53.8 Å². The van der Waals surface area contributed by atoms with E-state index in [4.69, 9.17) is 9.72 Å². The van der Waals surface area contributed by atoms with Crippen LogP contribution in [-0.4, -0.2) is 69.4 Å². The predicted molar refractivity (Wildman–Crippen MR) is 136 cm³/mol. The van der Waals surface area contributed by atoms with E-state index in [2.05, 4.69) is 11.8 Å². The fraction of sp³-hybridized carbons (Fsp3) is 0.440. The van der Waals surface area contributed by atoms with Gasteiger partial charge in [0.2, 0.25) is 5.91 Å². The van der Waals surface area contributed by atoms with Gasteiger partial charge in [0.25, 0.3) is 0 Å². The van der Waals surface area contributed by atoms with E-state index in [1.54, 1.807) is 4.90 Å². The van der Waals surface area contributed by atoms with Gasteiger partial charge in [-0.1, -0.05) is 30.4 Å². The number of hydrogen-bond donors (Lipinski definition) is 0. The summed E-state index contributed by atoms with van der Waals surface area (Å²) >= 11 is 1.45. The number of rotatable bonds is 10. The molecule has 0 atom stereocenters. The molecule has 3 aromatic rings. The lowest BCUT2D eigenvalue weighted by Crippen LogP contribution is -2.39. The second-order valence-electron chi connectivity index (χ2n) is 8.49. The Morgan fingerprint density at radius 1 is 1.17 bits per heavy atom. The standard InChI is InChI=1S/C25H30FN3O4S2/c1-2-19-5-3-6-22-24(19)27-25(34-22)29(13-4-12-28-14-16-33-17-15-28)23(30)11-18-35(31,32)21-9-7-20(26)8-10-21/h3,5-10H,2,4,11-18H2,1H3. The van der Waals surface area contributed by atoms with Gasteiger partial charge in [0.05, 0.1) is 34.1 Å². The fourth-order valence-electron chi connectivity index (χ4n) is 4.12. The van der Waals surface area contributed by atoms with Gasteiger partial charge in [0.15, 0.2) is 15.0 Å². The molecule has 35 heavy (non-hydrogen) atoms. The molecule has 4 rings (SSSR count). The molecule has 1 aliphatic heterocycles. The van der Waals surface area contributed by atoms with Crippen LogP contribution in [0.5, 0.6) is 0 Å². The summed E-state index contributed by atoms with van der Waals surface area (Å²) in [6.07, 6.45) is 1.41. The molecule has 0 radical (unpaired) electrons. The lowest BCUT2D eigenvalue weighted by molar-refractivity contribution is -0.118. The molecular formula is C25H30FN3O4S2. The molecule has 0 unspecified atom stereocenters. The van der Waals surface area contributed by atoms with Gasteiger partial charge in [-0.05, 0) is 48.7 Å². The lowest BCUT2D eigenvalue weighted by atomic mass is 10.1. The van der Waals surface area contributed by atoms with Crippen LogP contribution >= 0.6 is 11.3 Å². The number of nitrogens with zero attached hydrogens (tertiary/aromatic N) is 3. The topological polar surface area (TPSA) is 79.8 Å². The third kappa shape index (κ3) is 6.43. The Bertz CT molecular complexity index is 1260. The molecule has 1 aliphatic rings. The summed E-state index contributed by atoms with van der Waals surface area (Å²) in [5.41, 5.74) is 2.00. The number of amides is 1. The zero-order valence-electron chi connectivity index (χ0n) is 19.8. The Balaban J connectivity index is 1.51. The molecular weight excluding hydrogens is 489 g/mol. The normalized spacial score (nSPS) is 14.9. The van der Waals surface area contributed by atoms with Gasteiger partial charge < -0.3 is 4.74 Å². The van der Waals surface area contributed by atoms with Gasteiger partial charge in [0, 0.05) is 32.6 Å². The number of para-hydroxylation sites is 1. The van der Waals surface area contributed by atoms with Crippen molar-refractivity contribution >= 4 is 42.4 Å². The molecule has 0 aliphatic carbocycles. The van der Waals surface area contributed by atoms with Gasteiger partial charge in [-0.2, -0.15) is 0 Å². The zero-order chi connectivity index (χ0) is 24.8. The quantitative estimate of drug-likeness (QED) is 0.378. The van der Waals surface area contributed by atoms with Crippen molar-refractivity contribution < 1.29 is 22.3 Å².